The zero-order chi connectivity index (χ0) is 22.9. The van der Waals surface area contributed by atoms with Crippen molar-refractivity contribution in [3.63, 3.8) is 0 Å². The second kappa shape index (κ2) is 8.75. The lowest BCUT2D eigenvalue weighted by Crippen LogP contribution is -2.30. The van der Waals surface area contributed by atoms with E-state index in [9.17, 15) is 4.39 Å². The van der Waals surface area contributed by atoms with Gasteiger partial charge in [0, 0.05) is 36.5 Å². The van der Waals surface area contributed by atoms with Crippen molar-refractivity contribution in [2.24, 2.45) is 0 Å². The van der Waals surface area contributed by atoms with E-state index in [-0.39, 0.29) is 17.9 Å². The molecule has 1 aliphatic heterocycles. The van der Waals surface area contributed by atoms with Crippen LogP contribution in [0.4, 0.5) is 10.1 Å². The second-order valence-electron chi connectivity index (χ2n) is 8.22. The number of hydrogen-bond donors (Lipinski definition) is 1. The molecule has 1 aliphatic rings. The maximum Gasteiger partial charge on any atom is 0.174 e. The average Bonchev–Trinajstić information content (AvgIpc) is 3.31. The molecule has 0 radical (unpaired) electrons. The van der Waals surface area contributed by atoms with Gasteiger partial charge in [0.15, 0.2) is 5.11 Å². The number of benzene rings is 1. The highest BCUT2D eigenvalue weighted by molar-refractivity contribution is 7.80. The van der Waals surface area contributed by atoms with Crippen LogP contribution < -0.4 is 10.2 Å². The maximum atomic E-state index is 14.9. The molecule has 0 spiro atoms. The van der Waals surface area contributed by atoms with Crippen molar-refractivity contribution >= 4 is 23.0 Å². The largest absolute Gasteiger partial charge is 0.351 e. The fraction of sp³-hybridized carbons (Fsp3) is 0.192. The van der Waals surface area contributed by atoms with Crippen LogP contribution in [0.1, 0.15) is 40.3 Å². The molecule has 0 saturated carbocycles. The number of anilines is 1. The predicted molar refractivity (Wildman–Crippen MR) is 132 cm³/mol. The van der Waals surface area contributed by atoms with Crippen molar-refractivity contribution in [3.8, 4) is 0 Å². The van der Waals surface area contributed by atoms with E-state index in [2.05, 4.69) is 45.8 Å². The van der Waals surface area contributed by atoms with Crippen molar-refractivity contribution in [1.29, 1.82) is 0 Å². The van der Waals surface area contributed by atoms with Gasteiger partial charge in [0.05, 0.1) is 23.5 Å². The van der Waals surface area contributed by atoms with E-state index in [1.165, 1.54) is 6.07 Å². The molecule has 5 rings (SSSR count). The van der Waals surface area contributed by atoms with Gasteiger partial charge < -0.3 is 14.8 Å². The van der Waals surface area contributed by atoms with Gasteiger partial charge in [0.2, 0.25) is 0 Å². The molecule has 0 aliphatic carbocycles. The van der Waals surface area contributed by atoms with Crippen LogP contribution in [0.25, 0.3) is 0 Å². The lowest BCUT2D eigenvalue weighted by molar-refractivity contribution is 0.554. The van der Waals surface area contributed by atoms with Gasteiger partial charge in [-0.25, -0.2) is 4.39 Å². The van der Waals surface area contributed by atoms with Crippen LogP contribution in [-0.4, -0.2) is 19.6 Å². The van der Waals surface area contributed by atoms with Gasteiger partial charge in [-0.3, -0.25) is 9.97 Å². The Labute approximate surface area is 197 Å². The lowest BCUT2D eigenvalue weighted by atomic mass is 9.96. The Morgan fingerprint density at radius 2 is 1.85 bits per heavy atom. The molecule has 166 valence electrons. The van der Waals surface area contributed by atoms with E-state index in [1.807, 2.05) is 41.4 Å². The molecular weight excluding hydrogens is 433 g/mol. The summed E-state index contributed by atoms with van der Waals surface area (Å²) in [6, 6.07) is 18.3. The molecule has 5 nitrogen and oxygen atoms in total. The normalized spacial score (nSPS) is 17.9. The molecule has 1 N–H and O–H groups in total. The number of nitrogens with zero attached hydrogens (tertiary/aromatic N) is 4. The number of thiocarbonyl (C=S) groups is 1. The van der Waals surface area contributed by atoms with Gasteiger partial charge >= 0.3 is 0 Å². The third-order valence-corrected chi connectivity index (χ3v) is 6.52. The minimum absolute atomic E-state index is 0.217. The molecule has 7 heteroatoms. The van der Waals surface area contributed by atoms with Crippen molar-refractivity contribution in [2.75, 3.05) is 4.90 Å². The van der Waals surface area contributed by atoms with E-state index in [4.69, 9.17) is 12.2 Å². The highest BCUT2D eigenvalue weighted by Crippen LogP contribution is 2.43. The highest BCUT2D eigenvalue weighted by Gasteiger charge is 2.43. The van der Waals surface area contributed by atoms with Gasteiger partial charge in [-0.1, -0.05) is 24.3 Å². The Bertz CT molecular complexity index is 1290. The molecule has 3 aromatic heterocycles. The summed E-state index contributed by atoms with van der Waals surface area (Å²) in [5.41, 5.74) is 5.75. The van der Waals surface area contributed by atoms with Crippen LogP contribution in [0.5, 0.6) is 0 Å². The molecule has 1 saturated heterocycles. The third kappa shape index (κ3) is 3.89. The number of nitrogens with one attached hydrogen (secondary N) is 1. The van der Waals surface area contributed by atoms with E-state index < -0.39 is 0 Å². The first-order chi connectivity index (χ1) is 16.0. The number of halogens is 1. The fourth-order valence-corrected chi connectivity index (χ4v) is 4.96. The van der Waals surface area contributed by atoms with Crippen molar-refractivity contribution < 1.29 is 4.39 Å². The first kappa shape index (κ1) is 21.3. The molecule has 0 bridgehead atoms. The quantitative estimate of drug-likeness (QED) is 0.414. The van der Waals surface area contributed by atoms with Crippen LogP contribution >= 0.6 is 12.2 Å². The summed E-state index contributed by atoms with van der Waals surface area (Å²) in [4.78, 5) is 10.7. The Hall–Kier alpha value is -3.58. The Morgan fingerprint density at radius 1 is 1.03 bits per heavy atom. The number of hydrogen-bond acceptors (Lipinski definition) is 3. The zero-order valence-corrected chi connectivity index (χ0v) is 19.3. The minimum atomic E-state index is -0.308. The summed E-state index contributed by atoms with van der Waals surface area (Å²) in [7, 11) is 0. The average molecular weight is 458 g/mol. The topological polar surface area (TPSA) is 46.0 Å². The Balaban J connectivity index is 1.64. The lowest BCUT2D eigenvalue weighted by Gasteiger charge is -2.28. The van der Waals surface area contributed by atoms with Crippen LogP contribution in [0.15, 0.2) is 79.3 Å². The molecule has 0 amide bonds. The first-order valence-electron chi connectivity index (χ1n) is 10.9. The number of para-hydroxylation sites is 1. The standard InChI is InChI=1S/C26H24FN5S/c1-17-14-20(18(2)31(17)16-19-8-7-12-28-15-19)25-24(22-10-5-6-13-29-22)30-26(33)32(25)23-11-4-3-9-21(23)27/h3-15,24-25H,16H2,1-2H3,(H,30,33)/t24-,25+/m0/s1. The van der Waals surface area contributed by atoms with Crippen LogP contribution in [0, 0.1) is 19.7 Å². The summed E-state index contributed by atoms with van der Waals surface area (Å²) in [6.45, 7) is 4.91. The summed E-state index contributed by atoms with van der Waals surface area (Å²) in [5.74, 6) is -0.308. The molecule has 2 atom stereocenters. The van der Waals surface area contributed by atoms with E-state index in [0.717, 1.165) is 28.2 Å². The first-order valence-corrected chi connectivity index (χ1v) is 11.3. The number of rotatable bonds is 5. The van der Waals surface area contributed by atoms with Crippen LogP contribution in [0.3, 0.4) is 0 Å². The van der Waals surface area contributed by atoms with Crippen LogP contribution in [-0.2, 0) is 6.54 Å². The molecular formula is C26H24FN5S. The maximum absolute atomic E-state index is 14.9. The van der Waals surface area contributed by atoms with Gasteiger partial charge in [-0.05, 0) is 73.6 Å². The smallest absolute Gasteiger partial charge is 0.174 e. The van der Waals surface area contributed by atoms with E-state index in [0.29, 0.717) is 17.3 Å². The number of aryl methyl sites for hydroxylation is 1. The van der Waals surface area contributed by atoms with Gasteiger partial charge in [0.1, 0.15) is 5.82 Å². The summed E-state index contributed by atoms with van der Waals surface area (Å²) < 4.78 is 17.2. The van der Waals surface area contributed by atoms with Crippen molar-refractivity contribution in [2.45, 2.75) is 32.5 Å². The Kier molecular flexibility index (Phi) is 5.64. The van der Waals surface area contributed by atoms with E-state index >= 15 is 0 Å². The molecule has 0 unspecified atom stereocenters. The molecule has 4 aromatic rings. The highest BCUT2D eigenvalue weighted by atomic mass is 32.1. The number of aromatic nitrogens is 3. The Morgan fingerprint density at radius 3 is 2.58 bits per heavy atom. The number of pyridine rings is 2. The summed E-state index contributed by atoms with van der Waals surface area (Å²) in [6.07, 6.45) is 5.43. The van der Waals surface area contributed by atoms with Gasteiger partial charge in [-0.2, -0.15) is 0 Å². The summed E-state index contributed by atoms with van der Waals surface area (Å²) >= 11 is 5.73. The van der Waals surface area contributed by atoms with Crippen molar-refractivity contribution in [1.82, 2.24) is 19.9 Å². The van der Waals surface area contributed by atoms with Gasteiger partial charge in [0.25, 0.3) is 0 Å². The minimum Gasteiger partial charge on any atom is -0.351 e. The van der Waals surface area contributed by atoms with Crippen LogP contribution in [0.2, 0.25) is 0 Å². The molecule has 1 fully saturated rings. The molecule has 1 aromatic carbocycles. The molecule has 4 heterocycles. The summed E-state index contributed by atoms with van der Waals surface area (Å²) in [5, 5.41) is 3.89. The SMILES string of the molecule is Cc1cc([C@@H]2[C@H](c3ccccn3)NC(=S)N2c2ccccc2F)c(C)n1Cc1cccnc1. The molecule has 33 heavy (non-hydrogen) atoms. The van der Waals surface area contributed by atoms with Gasteiger partial charge in [-0.15, -0.1) is 0 Å². The second-order valence-corrected chi connectivity index (χ2v) is 8.61. The third-order valence-electron chi connectivity index (χ3n) is 6.21. The fourth-order valence-electron chi connectivity index (χ4n) is 4.62. The zero-order valence-electron chi connectivity index (χ0n) is 18.4. The van der Waals surface area contributed by atoms with Crippen molar-refractivity contribution in [3.05, 3.63) is 113 Å². The monoisotopic (exact) mass is 457 g/mol. The predicted octanol–water partition coefficient (Wildman–Crippen LogP) is 5.26. The van der Waals surface area contributed by atoms with E-state index in [1.54, 1.807) is 24.5 Å².